The minimum atomic E-state index is -0.534. The minimum Gasteiger partial charge on any atom is -0.462 e. The third kappa shape index (κ3) is 8.99. The number of hydrogen-bond acceptors (Lipinski definition) is 5. The molecule has 0 fully saturated rings. The second-order valence-electron chi connectivity index (χ2n) is 6.14. The van der Waals surface area contributed by atoms with Crippen molar-refractivity contribution in [2.24, 2.45) is 0 Å². The number of hydrogen-bond donors (Lipinski definition) is 0. The molecule has 0 saturated heterocycles. The van der Waals surface area contributed by atoms with Gasteiger partial charge in [0.25, 0.3) is 0 Å². The van der Waals surface area contributed by atoms with Crippen LogP contribution >= 0.6 is 0 Å². The molecule has 0 aliphatic heterocycles. The normalized spacial score (nSPS) is 10.5. The Labute approximate surface area is 157 Å². The van der Waals surface area contributed by atoms with E-state index >= 15 is 0 Å². The monoisotopic (exact) mass is 364 g/mol. The van der Waals surface area contributed by atoms with Crippen molar-refractivity contribution in [3.8, 4) is 0 Å². The first-order valence-corrected chi connectivity index (χ1v) is 9.71. The Balaban J connectivity index is 2.38. The first kappa shape index (κ1) is 22.2. The van der Waals surface area contributed by atoms with Gasteiger partial charge in [0.05, 0.1) is 24.3 Å². The number of ether oxygens (including phenoxy) is 3. The van der Waals surface area contributed by atoms with Crippen LogP contribution in [0, 0.1) is 0 Å². The van der Waals surface area contributed by atoms with E-state index in [2.05, 4.69) is 6.92 Å². The first-order valence-electron chi connectivity index (χ1n) is 9.71. The van der Waals surface area contributed by atoms with Gasteiger partial charge in [-0.3, -0.25) is 0 Å². The zero-order valence-corrected chi connectivity index (χ0v) is 16.1. The molecule has 0 unspecified atom stereocenters. The largest absolute Gasteiger partial charge is 0.462 e. The summed E-state index contributed by atoms with van der Waals surface area (Å²) in [5.74, 6) is -1.01. The van der Waals surface area contributed by atoms with E-state index in [1.54, 1.807) is 24.3 Å². The Hall–Kier alpha value is -1.88. The molecule has 0 N–H and O–H groups in total. The van der Waals surface area contributed by atoms with Crippen LogP contribution in [0.5, 0.6) is 0 Å². The van der Waals surface area contributed by atoms with Crippen molar-refractivity contribution in [2.75, 3.05) is 26.4 Å². The van der Waals surface area contributed by atoms with Gasteiger partial charge < -0.3 is 14.2 Å². The number of carbonyl (C=O) groups excluding carboxylic acids is 2. The van der Waals surface area contributed by atoms with E-state index in [-0.39, 0.29) is 17.7 Å². The highest BCUT2D eigenvalue weighted by Crippen LogP contribution is 2.13. The molecule has 5 nitrogen and oxygen atoms in total. The number of unbranched alkanes of at least 4 members (excludes halogenated alkanes) is 6. The average molecular weight is 364 g/mol. The summed E-state index contributed by atoms with van der Waals surface area (Å²) in [6.07, 6.45) is 8.10. The number of benzene rings is 1. The highest BCUT2D eigenvalue weighted by molar-refractivity contribution is 6.03. The van der Waals surface area contributed by atoms with Gasteiger partial charge in [-0.05, 0) is 25.5 Å². The molecule has 26 heavy (non-hydrogen) atoms. The summed E-state index contributed by atoms with van der Waals surface area (Å²) in [4.78, 5) is 24.4. The summed E-state index contributed by atoms with van der Waals surface area (Å²) >= 11 is 0. The van der Waals surface area contributed by atoms with Crippen molar-refractivity contribution >= 4 is 11.9 Å². The first-order chi connectivity index (χ1) is 12.7. The van der Waals surface area contributed by atoms with Crippen LogP contribution in [0.2, 0.25) is 0 Å². The van der Waals surface area contributed by atoms with Gasteiger partial charge in [-0.25, -0.2) is 9.59 Å². The molecule has 5 heteroatoms. The topological polar surface area (TPSA) is 61.8 Å². The van der Waals surface area contributed by atoms with Crippen LogP contribution in [0.3, 0.4) is 0 Å². The maximum atomic E-state index is 12.3. The Morgan fingerprint density at radius 3 is 1.85 bits per heavy atom. The molecule has 0 bridgehead atoms. The molecule has 0 aliphatic rings. The second kappa shape index (κ2) is 14.3. The van der Waals surface area contributed by atoms with Crippen LogP contribution in [-0.4, -0.2) is 38.4 Å². The smallest absolute Gasteiger partial charge is 0.339 e. The van der Waals surface area contributed by atoms with Crippen molar-refractivity contribution in [2.45, 2.75) is 58.8 Å². The molecule has 0 amide bonds. The Morgan fingerprint density at radius 1 is 0.731 bits per heavy atom. The van der Waals surface area contributed by atoms with Gasteiger partial charge in [-0.2, -0.15) is 0 Å². The average Bonchev–Trinajstić information content (AvgIpc) is 2.67. The van der Waals surface area contributed by atoms with E-state index in [1.165, 1.54) is 32.1 Å². The van der Waals surface area contributed by atoms with E-state index in [9.17, 15) is 9.59 Å². The molecule has 0 aromatic heterocycles. The number of carbonyl (C=O) groups is 2. The highest BCUT2D eigenvalue weighted by Gasteiger charge is 2.18. The maximum Gasteiger partial charge on any atom is 0.339 e. The SMILES string of the molecule is CCCCCCCCCOC(=O)c1ccccc1C(=O)OCCOCC. The van der Waals surface area contributed by atoms with Gasteiger partial charge in [0, 0.05) is 6.61 Å². The molecule has 0 aliphatic carbocycles. The molecule has 0 atom stereocenters. The zero-order chi connectivity index (χ0) is 19.0. The predicted octanol–water partition coefficient (Wildman–Crippen LogP) is 4.79. The van der Waals surface area contributed by atoms with Crippen molar-refractivity contribution < 1.29 is 23.8 Å². The van der Waals surface area contributed by atoms with Gasteiger partial charge in [0.1, 0.15) is 6.61 Å². The van der Waals surface area contributed by atoms with Crippen molar-refractivity contribution in [1.82, 2.24) is 0 Å². The standard InChI is InChI=1S/C21H32O5/c1-3-5-6-7-8-9-12-15-25-20(22)18-13-10-11-14-19(18)21(23)26-17-16-24-4-2/h10-11,13-14H,3-9,12,15-17H2,1-2H3. The van der Waals surface area contributed by atoms with Gasteiger partial charge >= 0.3 is 11.9 Å². The van der Waals surface area contributed by atoms with Gasteiger partial charge in [-0.1, -0.05) is 57.6 Å². The summed E-state index contributed by atoms with van der Waals surface area (Å²) < 4.78 is 15.6. The molecule has 0 saturated carbocycles. The van der Waals surface area contributed by atoms with Crippen LogP contribution in [0.15, 0.2) is 24.3 Å². The van der Waals surface area contributed by atoms with E-state index in [0.717, 1.165) is 12.8 Å². The van der Waals surface area contributed by atoms with Crippen LogP contribution in [0.4, 0.5) is 0 Å². The van der Waals surface area contributed by atoms with Crippen molar-refractivity contribution in [1.29, 1.82) is 0 Å². The summed E-state index contributed by atoms with van der Waals surface area (Å²) in [6, 6.07) is 6.58. The molecular formula is C21H32O5. The Morgan fingerprint density at radius 2 is 1.27 bits per heavy atom. The van der Waals surface area contributed by atoms with Crippen LogP contribution in [-0.2, 0) is 14.2 Å². The third-order valence-corrected chi connectivity index (χ3v) is 4.01. The Kier molecular flexibility index (Phi) is 12.2. The summed E-state index contributed by atoms with van der Waals surface area (Å²) in [7, 11) is 0. The van der Waals surface area contributed by atoms with E-state index in [0.29, 0.717) is 19.8 Å². The lowest BCUT2D eigenvalue weighted by molar-refractivity contribution is 0.0325. The fourth-order valence-corrected chi connectivity index (χ4v) is 2.56. The fraction of sp³-hybridized carbons (Fsp3) is 0.619. The zero-order valence-electron chi connectivity index (χ0n) is 16.1. The molecule has 146 valence electrons. The lowest BCUT2D eigenvalue weighted by atomic mass is 10.1. The van der Waals surface area contributed by atoms with Crippen LogP contribution < -0.4 is 0 Å². The van der Waals surface area contributed by atoms with Crippen LogP contribution in [0.25, 0.3) is 0 Å². The molecule has 0 spiro atoms. The predicted molar refractivity (Wildman–Crippen MR) is 101 cm³/mol. The number of esters is 2. The molecule has 0 heterocycles. The van der Waals surface area contributed by atoms with Crippen LogP contribution in [0.1, 0.15) is 79.5 Å². The molecule has 1 aromatic rings. The van der Waals surface area contributed by atoms with Crippen molar-refractivity contribution in [3.05, 3.63) is 35.4 Å². The quantitative estimate of drug-likeness (QED) is 0.351. The summed E-state index contributed by atoms with van der Waals surface area (Å²) in [6.45, 7) is 5.52. The van der Waals surface area contributed by atoms with Gasteiger partial charge in [0.15, 0.2) is 0 Å². The molecule has 1 rings (SSSR count). The highest BCUT2D eigenvalue weighted by atomic mass is 16.6. The lowest BCUT2D eigenvalue weighted by Gasteiger charge is -2.10. The minimum absolute atomic E-state index is 0.161. The number of rotatable bonds is 14. The summed E-state index contributed by atoms with van der Waals surface area (Å²) in [5.41, 5.74) is 0.477. The van der Waals surface area contributed by atoms with Crippen molar-refractivity contribution in [3.63, 3.8) is 0 Å². The summed E-state index contributed by atoms with van der Waals surface area (Å²) in [5, 5.41) is 0. The van der Waals surface area contributed by atoms with E-state index in [1.807, 2.05) is 6.92 Å². The maximum absolute atomic E-state index is 12.3. The third-order valence-electron chi connectivity index (χ3n) is 4.01. The molecular weight excluding hydrogens is 332 g/mol. The Bertz CT molecular complexity index is 527. The molecule has 0 radical (unpaired) electrons. The second-order valence-corrected chi connectivity index (χ2v) is 6.14. The lowest BCUT2D eigenvalue weighted by Crippen LogP contribution is -2.16. The fourth-order valence-electron chi connectivity index (χ4n) is 2.56. The van der Waals surface area contributed by atoms with E-state index < -0.39 is 11.9 Å². The van der Waals surface area contributed by atoms with Gasteiger partial charge in [-0.15, -0.1) is 0 Å². The van der Waals surface area contributed by atoms with E-state index in [4.69, 9.17) is 14.2 Å². The van der Waals surface area contributed by atoms with Gasteiger partial charge in [0.2, 0.25) is 0 Å². The molecule has 1 aromatic carbocycles.